The Labute approximate surface area is 205 Å². The number of ether oxygens (including phenoxy) is 1. The number of hydrogen-bond acceptors (Lipinski definition) is 5. The number of hydrogen-bond donors (Lipinski definition) is 0. The lowest BCUT2D eigenvalue weighted by Gasteiger charge is -2.29. The maximum absolute atomic E-state index is 13.4. The van der Waals surface area contributed by atoms with Crippen LogP contribution in [0.2, 0.25) is 0 Å². The largest absolute Gasteiger partial charge is 0.416 e. The van der Waals surface area contributed by atoms with E-state index < -0.39 is 17.3 Å². The fourth-order valence-electron chi connectivity index (χ4n) is 4.20. The van der Waals surface area contributed by atoms with Gasteiger partial charge in [0.05, 0.1) is 35.9 Å². The quantitative estimate of drug-likeness (QED) is 0.372. The SMILES string of the molecule is Cc1cc(N2CCOCC2)ccc1C=Nn1c(-c2cccc(C(F)(F)F)c2)nc2ccccc2c1=O. The average molecular weight is 493 g/mol. The van der Waals surface area contributed by atoms with Gasteiger partial charge in [-0.3, -0.25) is 4.79 Å². The van der Waals surface area contributed by atoms with Gasteiger partial charge in [-0.1, -0.05) is 30.3 Å². The van der Waals surface area contributed by atoms with E-state index in [2.05, 4.69) is 15.0 Å². The van der Waals surface area contributed by atoms with Crippen molar-refractivity contribution in [1.29, 1.82) is 0 Å². The highest BCUT2D eigenvalue weighted by Crippen LogP contribution is 2.32. The number of rotatable bonds is 4. The summed E-state index contributed by atoms with van der Waals surface area (Å²) in [5.41, 5.74) is 2.03. The summed E-state index contributed by atoms with van der Waals surface area (Å²) in [5.74, 6) is 0.0311. The van der Waals surface area contributed by atoms with E-state index in [4.69, 9.17) is 4.74 Å². The zero-order valence-electron chi connectivity index (χ0n) is 19.5. The van der Waals surface area contributed by atoms with Gasteiger partial charge in [0.2, 0.25) is 0 Å². The van der Waals surface area contributed by atoms with Crippen LogP contribution in [-0.4, -0.2) is 42.2 Å². The Morgan fingerprint density at radius 2 is 1.78 bits per heavy atom. The molecule has 0 spiro atoms. The van der Waals surface area contributed by atoms with E-state index in [1.54, 1.807) is 24.3 Å². The monoisotopic (exact) mass is 492 g/mol. The van der Waals surface area contributed by atoms with Crippen molar-refractivity contribution in [2.75, 3.05) is 31.2 Å². The number of nitrogens with zero attached hydrogens (tertiary/aromatic N) is 4. The van der Waals surface area contributed by atoms with Gasteiger partial charge in [-0.25, -0.2) is 4.98 Å². The van der Waals surface area contributed by atoms with E-state index in [0.717, 1.165) is 46.7 Å². The first kappa shape index (κ1) is 23.7. The molecule has 6 nitrogen and oxygen atoms in total. The second-order valence-corrected chi connectivity index (χ2v) is 8.53. The van der Waals surface area contributed by atoms with Crippen molar-refractivity contribution in [3.05, 3.63) is 93.8 Å². The van der Waals surface area contributed by atoms with Gasteiger partial charge in [0.25, 0.3) is 5.56 Å². The smallest absolute Gasteiger partial charge is 0.378 e. The van der Waals surface area contributed by atoms with Crippen molar-refractivity contribution < 1.29 is 17.9 Å². The Hall–Kier alpha value is -3.98. The number of morpholine rings is 1. The van der Waals surface area contributed by atoms with Gasteiger partial charge in [-0.05, 0) is 54.4 Å². The minimum Gasteiger partial charge on any atom is -0.378 e. The minimum atomic E-state index is -4.53. The van der Waals surface area contributed by atoms with Crippen molar-refractivity contribution in [1.82, 2.24) is 9.66 Å². The van der Waals surface area contributed by atoms with Crippen molar-refractivity contribution in [2.24, 2.45) is 5.10 Å². The molecule has 0 bridgehead atoms. The number of fused-ring (bicyclic) bond motifs is 1. The summed E-state index contributed by atoms with van der Waals surface area (Å²) in [6.07, 6.45) is -2.99. The number of halogens is 3. The van der Waals surface area contributed by atoms with Crippen molar-refractivity contribution >= 4 is 22.8 Å². The number of para-hydroxylation sites is 1. The first-order valence-electron chi connectivity index (χ1n) is 11.5. The van der Waals surface area contributed by atoms with E-state index in [1.165, 1.54) is 18.3 Å². The van der Waals surface area contributed by atoms with Crippen molar-refractivity contribution in [3.63, 3.8) is 0 Å². The second-order valence-electron chi connectivity index (χ2n) is 8.53. The van der Waals surface area contributed by atoms with Gasteiger partial charge < -0.3 is 9.64 Å². The van der Waals surface area contributed by atoms with Crippen LogP contribution in [0, 0.1) is 6.92 Å². The lowest BCUT2D eigenvalue weighted by molar-refractivity contribution is -0.137. The number of alkyl halides is 3. The zero-order valence-corrected chi connectivity index (χ0v) is 19.5. The molecule has 1 aliphatic heterocycles. The summed E-state index contributed by atoms with van der Waals surface area (Å²) in [7, 11) is 0. The van der Waals surface area contributed by atoms with E-state index in [1.807, 2.05) is 25.1 Å². The zero-order chi connectivity index (χ0) is 25.3. The van der Waals surface area contributed by atoms with Gasteiger partial charge in [0, 0.05) is 24.3 Å². The Kier molecular flexibility index (Phi) is 6.32. The van der Waals surface area contributed by atoms with Crippen LogP contribution >= 0.6 is 0 Å². The number of aromatic nitrogens is 2. The lowest BCUT2D eigenvalue weighted by atomic mass is 10.1. The van der Waals surface area contributed by atoms with Crippen molar-refractivity contribution in [3.8, 4) is 11.4 Å². The molecular weight excluding hydrogens is 469 g/mol. The van der Waals surface area contributed by atoms with Crippen molar-refractivity contribution in [2.45, 2.75) is 13.1 Å². The molecule has 0 radical (unpaired) electrons. The predicted molar refractivity (Wildman–Crippen MR) is 134 cm³/mol. The van der Waals surface area contributed by atoms with Gasteiger partial charge in [0.15, 0.2) is 5.82 Å². The van der Waals surface area contributed by atoms with Crippen LogP contribution in [0.1, 0.15) is 16.7 Å². The Bertz CT molecular complexity index is 1510. The Balaban J connectivity index is 1.59. The molecule has 0 unspecified atom stereocenters. The summed E-state index contributed by atoms with van der Waals surface area (Å²) >= 11 is 0. The fourth-order valence-corrected chi connectivity index (χ4v) is 4.20. The van der Waals surface area contributed by atoms with Crippen LogP contribution in [0.4, 0.5) is 18.9 Å². The van der Waals surface area contributed by atoms with Gasteiger partial charge in [0.1, 0.15) is 0 Å². The third-order valence-electron chi connectivity index (χ3n) is 6.14. The summed E-state index contributed by atoms with van der Waals surface area (Å²) in [5, 5.41) is 4.72. The Morgan fingerprint density at radius 1 is 1.00 bits per heavy atom. The first-order valence-corrected chi connectivity index (χ1v) is 11.5. The maximum Gasteiger partial charge on any atom is 0.416 e. The molecular formula is C27H23F3N4O2. The standard InChI is InChI=1S/C27H23F3N4O2/c1-18-15-22(33-11-13-36-14-12-33)10-9-20(18)17-31-34-25(19-5-4-6-21(16-19)27(28,29)30)32-24-8-3-2-7-23(24)26(34)35/h2-10,15-17H,11-14H2,1H3. The minimum absolute atomic E-state index is 0.0311. The number of anilines is 1. The third kappa shape index (κ3) is 4.74. The molecule has 1 aliphatic rings. The van der Waals surface area contributed by atoms with Crippen LogP contribution in [0.25, 0.3) is 22.3 Å². The third-order valence-corrected chi connectivity index (χ3v) is 6.14. The summed E-state index contributed by atoms with van der Waals surface area (Å²) < 4.78 is 46.6. The molecule has 0 saturated carbocycles. The first-order chi connectivity index (χ1) is 17.3. The van der Waals surface area contributed by atoms with E-state index in [-0.39, 0.29) is 11.4 Å². The molecule has 184 valence electrons. The highest BCUT2D eigenvalue weighted by Gasteiger charge is 2.31. The molecule has 3 aromatic carbocycles. The van der Waals surface area contributed by atoms with Crippen LogP contribution in [0.15, 0.2) is 76.6 Å². The highest BCUT2D eigenvalue weighted by atomic mass is 19.4. The normalized spacial score (nSPS) is 14.6. The maximum atomic E-state index is 13.4. The van der Waals surface area contributed by atoms with Gasteiger partial charge >= 0.3 is 6.18 Å². The molecule has 9 heteroatoms. The number of aryl methyl sites for hydroxylation is 1. The van der Waals surface area contributed by atoms with E-state index in [0.29, 0.717) is 24.1 Å². The van der Waals surface area contributed by atoms with Gasteiger partial charge in [-0.2, -0.15) is 22.9 Å². The molecule has 4 aromatic rings. The average Bonchev–Trinajstić information content (AvgIpc) is 2.89. The lowest BCUT2D eigenvalue weighted by Crippen LogP contribution is -2.36. The second kappa shape index (κ2) is 9.58. The molecule has 1 fully saturated rings. The molecule has 1 saturated heterocycles. The molecule has 36 heavy (non-hydrogen) atoms. The molecule has 0 N–H and O–H groups in total. The highest BCUT2D eigenvalue weighted by molar-refractivity contribution is 5.84. The fraction of sp³-hybridized carbons (Fsp3) is 0.222. The van der Waals surface area contributed by atoms with Crippen LogP contribution < -0.4 is 10.5 Å². The van der Waals surface area contributed by atoms with E-state index in [9.17, 15) is 18.0 Å². The van der Waals surface area contributed by atoms with Crippen LogP contribution in [-0.2, 0) is 10.9 Å². The molecule has 1 aromatic heterocycles. The molecule has 2 heterocycles. The van der Waals surface area contributed by atoms with Gasteiger partial charge in [-0.15, -0.1) is 0 Å². The topological polar surface area (TPSA) is 59.7 Å². The summed E-state index contributed by atoms with van der Waals surface area (Å²) in [6, 6.07) is 17.4. The van der Waals surface area contributed by atoms with E-state index >= 15 is 0 Å². The predicted octanol–water partition coefficient (Wildman–Crippen LogP) is 5.11. The number of benzene rings is 3. The van der Waals surface area contributed by atoms with Crippen LogP contribution in [0.5, 0.6) is 0 Å². The summed E-state index contributed by atoms with van der Waals surface area (Å²) in [4.78, 5) is 20.1. The molecule has 0 aliphatic carbocycles. The molecule has 0 atom stereocenters. The molecule has 0 amide bonds. The van der Waals surface area contributed by atoms with Crippen LogP contribution in [0.3, 0.4) is 0 Å². The molecule has 5 rings (SSSR count). The summed E-state index contributed by atoms with van der Waals surface area (Å²) in [6.45, 7) is 4.92. The Morgan fingerprint density at radius 3 is 2.53 bits per heavy atom.